The van der Waals surface area contributed by atoms with Crippen molar-refractivity contribution in [1.82, 2.24) is 19.0 Å². The molecule has 10 nitrogen and oxygen atoms in total. The number of amides is 2. The number of nitrogens with zero attached hydrogens (tertiary/aromatic N) is 3. The van der Waals surface area contributed by atoms with Crippen molar-refractivity contribution in [3.63, 3.8) is 0 Å². The SMILES string of the molecule is C=CCn1c(=O)n(CC=C)c(=O)n(CC(=O)Nc2cccc(C(=O)NC)c2)c1=O. The van der Waals surface area contributed by atoms with Crippen molar-refractivity contribution < 1.29 is 9.59 Å². The highest BCUT2D eigenvalue weighted by atomic mass is 16.2. The molecule has 0 spiro atoms. The normalized spacial score (nSPS) is 10.2. The van der Waals surface area contributed by atoms with E-state index in [0.717, 1.165) is 9.13 Å². The van der Waals surface area contributed by atoms with E-state index < -0.39 is 29.5 Å². The van der Waals surface area contributed by atoms with Crippen LogP contribution in [0.15, 0.2) is 64.0 Å². The fourth-order valence-electron chi connectivity index (χ4n) is 2.62. The van der Waals surface area contributed by atoms with Crippen LogP contribution in [0, 0.1) is 0 Å². The quantitative estimate of drug-likeness (QED) is 0.582. The number of hydrogen-bond donors (Lipinski definition) is 2. The number of anilines is 1. The Bertz CT molecular complexity index is 1090. The van der Waals surface area contributed by atoms with Crippen LogP contribution in [0.5, 0.6) is 0 Å². The third-order valence-electron chi connectivity index (χ3n) is 3.95. The Kier molecular flexibility index (Phi) is 6.85. The second kappa shape index (κ2) is 9.31. The summed E-state index contributed by atoms with van der Waals surface area (Å²) in [4.78, 5) is 61.5. The molecule has 152 valence electrons. The average Bonchev–Trinajstić information content (AvgIpc) is 2.71. The fourth-order valence-corrected chi connectivity index (χ4v) is 2.62. The molecule has 2 aromatic rings. The number of rotatable bonds is 8. The molecule has 0 aliphatic heterocycles. The van der Waals surface area contributed by atoms with Crippen molar-refractivity contribution in [2.45, 2.75) is 19.6 Å². The van der Waals surface area contributed by atoms with Gasteiger partial charge in [-0.15, -0.1) is 13.2 Å². The second-order valence-corrected chi connectivity index (χ2v) is 5.94. The molecule has 0 radical (unpaired) electrons. The maximum atomic E-state index is 12.5. The van der Waals surface area contributed by atoms with Crippen molar-refractivity contribution in [2.24, 2.45) is 0 Å². The van der Waals surface area contributed by atoms with Crippen LogP contribution in [0.25, 0.3) is 0 Å². The highest BCUT2D eigenvalue weighted by Crippen LogP contribution is 2.10. The van der Waals surface area contributed by atoms with Crippen molar-refractivity contribution in [2.75, 3.05) is 12.4 Å². The van der Waals surface area contributed by atoms with E-state index in [1.807, 2.05) is 0 Å². The Labute approximate surface area is 165 Å². The van der Waals surface area contributed by atoms with Gasteiger partial charge in [0.05, 0.1) is 13.1 Å². The number of benzene rings is 1. The van der Waals surface area contributed by atoms with Gasteiger partial charge in [0.15, 0.2) is 0 Å². The average molecular weight is 399 g/mol. The summed E-state index contributed by atoms with van der Waals surface area (Å²) in [7, 11) is 1.48. The molecule has 10 heteroatoms. The number of aromatic nitrogens is 3. The van der Waals surface area contributed by atoms with Crippen LogP contribution in [0.1, 0.15) is 10.4 Å². The van der Waals surface area contributed by atoms with E-state index in [2.05, 4.69) is 23.8 Å². The third kappa shape index (κ3) is 4.67. The number of carbonyl (C=O) groups is 2. The van der Waals surface area contributed by atoms with Crippen molar-refractivity contribution in [3.8, 4) is 0 Å². The van der Waals surface area contributed by atoms with Crippen LogP contribution in [0.4, 0.5) is 5.69 Å². The molecule has 2 N–H and O–H groups in total. The van der Waals surface area contributed by atoms with Crippen LogP contribution in [-0.4, -0.2) is 32.6 Å². The Morgan fingerprint density at radius 3 is 2.03 bits per heavy atom. The van der Waals surface area contributed by atoms with E-state index in [9.17, 15) is 24.0 Å². The molecule has 0 aliphatic carbocycles. The Hall–Kier alpha value is -3.95. The topological polar surface area (TPSA) is 124 Å². The zero-order valence-corrected chi connectivity index (χ0v) is 15.9. The van der Waals surface area contributed by atoms with E-state index in [1.54, 1.807) is 18.2 Å². The first kappa shape index (κ1) is 21.4. The van der Waals surface area contributed by atoms with Gasteiger partial charge in [-0.2, -0.15) is 0 Å². The lowest BCUT2D eigenvalue weighted by Gasteiger charge is -2.12. The molecule has 2 amide bonds. The van der Waals surface area contributed by atoms with Gasteiger partial charge in [-0.1, -0.05) is 18.2 Å². The first-order chi connectivity index (χ1) is 13.8. The molecule has 0 saturated carbocycles. The number of allylic oxidation sites excluding steroid dienone is 2. The first-order valence-corrected chi connectivity index (χ1v) is 8.62. The summed E-state index contributed by atoms with van der Waals surface area (Å²) < 4.78 is 2.26. The van der Waals surface area contributed by atoms with Crippen molar-refractivity contribution in [1.29, 1.82) is 0 Å². The minimum Gasteiger partial charge on any atom is -0.355 e. The van der Waals surface area contributed by atoms with E-state index in [4.69, 9.17) is 0 Å². The van der Waals surface area contributed by atoms with Gasteiger partial charge >= 0.3 is 17.1 Å². The summed E-state index contributed by atoms with van der Waals surface area (Å²) in [6, 6.07) is 6.15. The maximum absolute atomic E-state index is 12.5. The van der Waals surface area contributed by atoms with Crippen LogP contribution in [0.3, 0.4) is 0 Å². The first-order valence-electron chi connectivity index (χ1n) is 8.62. The van der Waals surface area contributed by atoms with E-state index in [1.165, 1.54) is 25.3 Å². The van der Waals surface area contributed by atoms with Gasteiger partial charge in [0.25, 0.3) is 5.91 Å². The predicted molar refractivity (Wildman–Crippen MR) is 108 cm³/mol. The maximum Gasteiger partial charge on any atom is 0.337 e. The highest BCUT2D eigenvalue weighted by Gasteiger charge is 2.17. The molecule has 2 rings (SSSR count). The summed E-state index contributed by atoms with van der Waals surface area (Å²) in [6.45, 7) is 6.11. The summed E-state index contributed by atoms with van der Waals surface area (Å²) in [5.74, 6) is -1.01. The smallest absolute Gasteiger partial charge is 0.337 e. The van der Waals surface area contributed by atoms with E-state index in [-0.39, 0.29) is 19.0 Å². The van der Waals surface area contributed by atoms with Crippen molar-refractivity contribution in [3.05, 3.63) is 86.6 Å². The molecule has 1 heterocycles. The fraction of sp³-hybridized carbons (Fsp3) is 0.211. The molecule has 0 unspecified atom stereocenters. The van der Waals surface area contributed by atoms with Gasteiger partial charge in [-0.3, -0.25) is 9.59 Å². The molecule has 0 fully saturated rings. The number of hydrogen-bond acceptors (Lipinski definition) is 5. The van der Waals surface area contributed by atoms with E-state index in [0.29, 0.717) is 15.8 Å². The number of carbonyl (C=O) groups excluding carboxylic acids is 2. The highest BCUT2D eigenvalue weighted by molar-refractivity contribution is 5.97. The largest absolute Gasteiger partial charge is 0.355 e. The molecular formula is C19H21N5O5. The lowest BCUT2D eigenvalue weighted by molar-refractivity contribution is -0.116. The molecule has 0 saturated heterocycles. The van der Waals surface area contributed by atoms with Crippen LogP contribution >= 0.6 is 0 Å². The van der Waals surface area contributed by atoms with Gasteiger partial charge in [-0.05, 0) is 18.2 Å². The molecule has 0 aliphatic rings. The monoisotopic (exact) mass is 399 g/mol. The van der Waals surface area contributed by atoms with Gasteiger partial charge in [0, 0.05) is 18.3 Å². The molecule has 0 atom stereocenters. The second-order valence-electron chi connectivity index (χ2n) is 5.94. The van der Waals surface area contributed by atoms with Gasteiger partial charge in [0.2, 0.25) is 5.91 Å². The lowest BCUT2D eigenvalue weighted by Crippen LogP contribution is -2.55. The van der Waals surface area contributed by atoms with Crippen LogP contribution in [0.2, 0.25) is 0 Å². The summed E-state index contributed by atoms with van der Waals surface area (Å²) in [6.07, 6.45) is 2.67. The Morgan fingerprint density at radius 1 is 0.966 bits per heavy atom. The standard InChI is InChI=1S/C19H21N5O5/c1-4-9-22-17(27)23(10-5-2)19(29)24(18(22)28)12-15(25)21-14-8-6-7-13(11-14)16(26)20-3/h4-8,11H,1-2,9-10,12H2,3H3,(H,20,26)(H,21,25). The van der Waals surface area contributed by atoms with Crippen LogP contribution < -0.4 is 27.7 Å². The Morgan fingerprint density at radius 2 is 1.52 bits per heavy atom. The predicted octanol–water partition coefficient (Wildman–Crippen LogP) is -0.458. The minimum atomic E-state index is -0.922. The summed E-state index contributed by atoms with van der Waals surface area (Å²) in [5.41, 5.74) is -2.01. The Balaban J connectivity index is 2.40. The molecular weight excluding hydrogens is 378 g/mol. The van der Waals surface area contributed by atoms with Crippen LogP contribution in [-0.2, 0) is 24.4 Å². The van der Waals surface area contributed by atoms with Gasteiger partial charge in [-0.25, -0.2) is 28.1 Å². The summed E-state index contributed by atoms with van der Waals surface area (Å²) in [5, 5.41) is 5.00. The zero-order valence-electron chi connectivity index (χ0n) is 15.9. The summed E-state index contributed by atoms with van der Waals surface area (Å²) >= 11 is 0. The third-order valence-corrected chi connectivity index (χ3v) is 3.95. The van der Waals surface area contributed by atoms with Crippen molar-refractivity contribution >= 4 is 17.5 Å². The number of nitrogens with one attached hydrogen (secondary N) is 2. The molecule has 1 aromatic heterocycles. The molecule has 29 heavy (non-hydrogen) atoms. The molecule has 0 bridgehead atoms. The van der Waals surface area contributed by atoms with E-state index >= 15 is 0 Å². The minimum absolute atomic E-state index is 0.120. The molecule has 1 aromatic carbocycles. The van der Waals surface area contributed by atoms with Gasteiger partial charge in [0.1, 0.15) is 6.54 Å². The lowest BCUT2D eigenvalue weighted by atomic mass is 10.2. The van der Waals surface area contributed by atoms with Gasteiger partial charge < -0.3 is 10.6 Å². The zero-order chi connectivity index (χ0) is 21.6.